The third-order valence-electron chi connectivity index (χ3n) is 14.5. The van der Waals surface area contributed by atoms with Gasteiger partial charge in [-0.15, -0.1) is 0 Å². The highest BCUT2D eigenvalue weighted by atomic mass is 16.5. The van der Waals surface area contributed by atoms with Crippen molar-refractivity contribution in [1.29, 1.82) is 0 Å². The maximum Gasteiger partial charge on any atom is 0.314 e. The Hall–Kier alpha value is -4.40. The largest absolute Gasteiger partial charge is 0.379 e. The number of piperidine rings is 2. The van der Waals surface area contributed by atoms with Crippen molar-refractivity contribution in [3.05, 3.63) is 35.9 Å². The van der Waals surface area contributed by atoms with E-state index in [9.17, 15) is 28.8 Å². The van der Waals surface area contributed by atoms with Crippen LogP contribution in [0.3, 0.4) is 0 Å². The highest BCUT2D eigenvalue weighted by molar-refractivity contribution is 5.91. The minimum Gasteiger partial charge on any atom is -0.379 e. The van der Waals surface area contributed by atoms with E-state index in [1.807, 2.05) is 90.9 Å². The minimum atomic E-state index is -1.34. The van der Waals surface area contributed by atoms with Gasteiger partial charge in [0.2, 0.25) is 29.5 Å². The number of urea groups is 1. The number of carbonyl (C=O) groups excluding carboxylic acids is 6. The monoisotopic (exact) mass is 1020 g/mol. The fourth-order valence-electron chi connectivity index (χ4n) is 10.1. The van der Waals surface area contributed by atoms with Gasteiger partial charge in [-0.25, -0.2) is 4.79 Å². The molecule has 19 nitrogen and oxygen atoms in total. The number of carbonyl (C=O) groups is 6. The van der Waals surface area contributed by atoms with Crippen molar-refractivity contribution in [2.75, 3.05) is 101 Å². The molecule has 2 aliphatic heterocycles. The Morgan fingerprint density at radius 1 is 0.792 bits per heavy atom. The second-order valence-corrected chi connectivity index (χ2v) is 20.6. The number of likely N-dealkylation sites (N-methyl/N-ethyl adjacent to an activating group) is 2. The Morgan fingerprint density at radius 2 is 1.43 bits per heavy atom. The van der Waals surface area contributed by atoms with Gasteiger partial charge in [0.15, 0.2) is 5.72 Å². The van der Waals surface area contributed by atoms with E-state index in [1.54, 1.807) is 23.8 Å². The molecule has 2 heterocycles. The lowest BCUT2D eigenvalue weighted by Crippen LogP contribution is -2.64. The molecule has 2 saturated heterocycles. The highest BCUT2D eigenvalue weighted by Crippen LogP contribution is 2.37. The van der Waals surface area contributed by atoms with E-state index in [-0.39, 0.29) is 73.4 Å². The molecule has 410 valence electrons. The topological polar surface area (TPSA) is 221 Å². The number of amides is 7. The molecule has 2 aliphatic rings. The molecule has 0 spiro atoms. The SMILES string of the molecule is CC[C@H](C)[C@@H]([C@@H](CC(=O)N1CCCC[C@]1(OC)[C@@H](C)C(=O)N[C@@H](Cc1ccccc1)C(=O)NCCOCCOCCNC(=O)NCC1CCNCC1)OC)N(C)C(=O)[C@@H](NC(=O)[C@H](C(C)C)N(C)C)C(C)C. The summed E-state index contributed by atoms with van der Waals surface area (Å²) >= 11 is 0. The van der Waals surface area contributed by atoms with Crippen LogP contribution < -0.4 is 31.9 Å². The van der Waals surface area contributed by atoms with Crippen LogP contribution in [0, 0.1) is 29.6 Å². The van der Waals surface area contributed by atoms with E-state index in [1.165, 1.54) is 14.2 Å². The molecule has 2 fully saturated rings. The summed E-state index contributed by atoms with van der Waals surface area (Å²) in [7, 11) is 8.44. The second kappa shape index (κ2) is 32.0. The maximum atomic E-state index is 14.8. The molecular formula is C53H93N9O10. The lowest BCUT2D eigenvalue weighted by molar-refractivity contribution is -0.201. The van der Waals surface area contributed by atoms with Crippen LogP contribution in [0.15, 0.2) is 30.3 Å². The van der Waals surface area contributed by atoms with E-state index >= 15 is 0 Å². The molecule has 7 amide bonds. The van der Waals surface area contributed by atoms with Crippen molar-refractivity contribution in [3.8, 4) is 0 Å². The second-order valence-electron chi connectivity index (χ2n) is 20.6. The molecule has 3 rings (SSSR count). The van der Waals surface area contributed by atoms with Gasteiger partial charge in [0.05, 0.1) is 57.0 Å². The van der Waals surface area contributed by atoms with Crippen molar-refractivity contribution in [2.24, 2.45) is 29.6 Å². The van der Waals surface area contributed by atoms with Gasteiger partial charge in [0.25, 0.3) is 0 Å². The number of methoxy groups -OCH3 is 2. The van der Waals surface area contributed by atoms with Gasteiger partial charge in [-0.05, 0) is 95.4 Å². The number of benzene rings is 1. The zero-order chi connectivity index (χ0) is 53.4. The Bertz CT molecular complexity index is 1790. The number of ether oxygens (including phenoxy) is 4. The molecular weight excluding hydrogens is 923 g/mol. The molecule has 19 heteroatoms. The van der Waals surface area contributed by atoms with Crippen molar-refractivity contribution >= 4 is 35.6 Å². The first-order valence-electron chi connectivity index (χ1n) is 26.4. The summed E-state index contributed by atoms with van der Waals surface area (Å²) in [4.78, 5) is 88.3. The standard InChI is InChI=1S/C53H93N9O10/c1-13-38(6)47(61(10)51(67)45(36(2)3)59-50(66)46(37(4)5)60(8)9)43(69-11)34-44(63)62-28-18-17-23-53(62,70-12)39(7)48(64)58-42(33-40-19-15-14-16-20-40)49(65)55-26-29-71-31-32-72-30-27-56-52(68)57-35-41-21-24-54-25-22-41/h14-16,19-20,36-39,41-43,45-47,54H,13,17-18,21-35H2,1-12H3,(H,55,65)(H,58,64)(H,59,66)(H2,56,57,68)/t38-,39-,42-,43+,45-,46-,47-,53-/m0/s1. The van der Waals surface area contributed by atoms with E-state index in [2.05, 4.69) is 31.9 Å². The predicted octanol–water partition coefficient (Wildman–Crippen LogP) is 3.16. The molecule has 6 N–H and O–H groups in total. The van der Waals surface area contributed by atoms with E-state index < -0.39 is 47.8 Å². The average Bonchev–Trinajstić information content (AvgIpc) is 3.36. The average molecular weight is 1020 g/mol. The number of nitrogens with one attached hydrogen (secondary N) is 6. The molecule has 0 radical (unpaired) electrons. The number of rotatable bonds is 31. The zero-order valence-corrected chi connectivity index (χ0v) is 45.8. The first-order valence-corrected chi connectivity index (χ1v) is 26.4. The predicted molar refractivity (Wildman–Crippen MR) is 279 cm³/mol. The van der Waals surface area contributed by atoms with Crippen LogP contribution in [0.5, 0.6) is 0 Å². The molecule has 0 bridgehead atoms. The van der Waals surface area contributed by atoms with Gasteiger partial charge in [0.1, 0.15) is 12.1 Å². The highest BCUT2D eigenvalue weighted by Gasteiger charge is 2.50. The summed E-state index contributed by atoms with van der Waals surface area (Å²) in [5, 5.41) is 18.0. The van der Waals surface area contributed by atoms with Crippen LogP contribution in [0.4, 0.5) is 4.79 Å². The van der Waals surface area contributed by atoms with Crippen LogP contribution in [0.1, 0.15) is 99.0 Å². The number of likely N-dealkylation sites (tertiary alicyclic amines) is 1. The fraction of sp³-hybridized carbons (Fsp3) is 0.774. The molecule has 0 unspecified atom stereocenters. The summed E-state index contributed by atoms with van der Waals surface area (Å²) in [6.45, 7) is 18.2. The molecule has 1 aromatic carbocycles. The van der Waals surface area contributed by atoms with Gasteiger partial charge >= 0.3 is 6.03 Å². The molecule has 0 saturated carbocycles. The van der Waals surface area contributed by atoms with E-state index in [0.29, 0.717) is 71.1 Å². The zero-order valence-electron chi connectivity index (χ0n) is 45.8. The molecule has 0 aromatic heterocycles. The molecule has 0 aliphatic carbocycles. The summed E-state index contributed by atoms with van der Waals surface area (Å²) < 4.78 is 23.7. The number of hydrogen-bond acceptors (Lipinski definition) is 12. The Morgan fingerprint density at radius 3 is 2.00 bits per heavy atom. The van der Waals surface area contributed by atoms with Gasteiger partial charge < -0.3 is 60.6 Å². The van der Waals surface area contributed by atoms with Crippen LogP contribution in [0.2, 0.25) is 0 Å². The minimum absolute atomic E-state index is 0.0147. The van der Waals surface area contributed by atoms with Crippen molar-refractivity contribution < 1.29 is 47.7 Å². The van der Waals surface area contributed by atoms with Crippen molar-refractivity contribution in [1.82, 2.24) is 46.6 Å². The van der Waals surface area contributed by atoms with Gasteiger partial charge in [-0.1, -0.05) is 78.3 Å². The van der Waals surface area contributed by atoms with Crippen molar-refractivity contribution in [2.45, 2.75) is 136 Å². The number of nitrogens with zero attached hydrogens (tertiary/aromatic N) is 3. The Labute approximate surface area is 431 Å². The summed E-state index contributed by atoms with van der Waals surface area (Å²) in [5.74, 6) is -2.32. The first kappa shape index (κ1) is 61.9. The summed E-state index contributed by atoms with van der Waals surface area (Å²) in [6, 6.07) is 6.49. The smallest absolute Gasteiger partial charge is 0.314 e. The van der Waals surface area contributed by atoms with Crippen LogP contribution >= 0.6 is 0 Å². The van der Waals surface area contributed by atoms with Crippen LogP contribution in [-0.4, -0.2) is 187 Å². The van der Waals surface area contributed by atoms with Crippen molar-refractivity contribution in [3.63, 3.8) is 0 Å². The fourth-order valence-corrected chi connectivity index (χ4v) is 10.1. The quantitative estimate of drug-likeness (QED) is 0.0591. The van der Waals surface area contributed by atoms with E-state index in [0.717, 1.165) is 31.5 Å². The summed E-state index contributed by atoms with van der Waals surface area (Å²) in [5.41, 5.74) is -0.486. The Kier molecular flexibility index (Phi) is 27.5. The lowest BCUT2D eigenvalue weighted by Gasteiger charge is -2.49. The summed E-state index contributed by atoms with van der Waals surface area (Å²) in [6.07, 6.45) is 3.98. The normalized spacial score (nSPS) is 19.4. The molecule has 1 aromatic rings. The third kappa shape index (κ3) is 18.8. The van der Waals surface area contributed by atoms with Gasteiger partial charge in [-0.2, -0.15) is 0 Å². The third-order valence-corrected chi connectivity index (χ3v) is 14.5. The van der Waals surface area contributed by atoms with Gasteiger partial charge in [0, 0.05) is 53.9 Å². The molecule has 8 atom stereocenters. The van der Waals surface area contributed by atoms with Crippen LogP contribution in [0.25, 0.3) is 0 Å². The van der Waals surface area contributed by atoms with Crippen LogP contribution in [-0.2, 0) is 49.3 Å². The van der Waals surface area contributed by atoms with E-state index in [4.69, 9.17) is 18.9 Å². The molecule has 72 heavy (non-hydrogen) atoms. The lowest BCUT2D eigenvalue weighted by atomic mass is 9.84. The van der Waals surface area contributed by atoms with Gasteiger partial charge in [-0.3, -0.25) is 28.9 Å². The first-order chi connectivity index (χ1) is 34.3. The Balaban J connectivity index is 1.66. The maximum absolute atomic E-state index is 14.8. The number of hydrogen-bond donors (Lipinski definition) is 6.